The summed E-state index contributed by atoms with van der Waals surface area (Å²) in [5.41, 5.74) is 1.72. The Labute approximate surface area is 107 Å². The van der Waals surface area contributed by atoms with E-state index >= 15 is 0 Å². The maximum atomic E-state index is 10.1. The van der Waals surface area contributed by atoms with Crippen molar-refractivity contribution in [1.29, 1.82) is 0 Å². The molecule has 2 rings (SSSR count). The van der Waals surface area contributed by atoms with Crippen LogP contribution < -0.4 is 5.32 Å². The fourth-order valence-electron chi connectivity index (χ4n) is 1.90. The molecule has 1 heterocycles. The number of hydrogen-bond acceptors (Lipinski definition) is 3. The van der Waals surface area contributed by atoms with E-state index in [1.54, 1.807) is 10.7 Å². The van der Waals surface area contributed by atoms with Crippen LogP contribution in [0.3, 0.4) is 0 Å². The summed E-state index contributed by atoms with van der Waals surface area (Å²) in [6.07, 6.45) is 1.86. The van der Waals surface area contributed by atoms with Gasteiger partial charge in [-0.1, -0.05) is 26.8 Å². The third-order valence-electron chi connectivity index (χ3n) is 2.90. The second-order valence-electron chi connectivity index (χ2n) is 5.35. The zero-order valence-electron chi connectivity index (χ0n) is 11.2. The van der Waals surface area contributed by atoms with Crippen LogP contribution in [0.15, 0.2) is 30.5 Å². The standard InChI is InChI=1S/C14H19N3O/c1-14(2,3)11-6-5-10(9-12(11)18)17-8-7-13(15-4)16-17/h5-9,18H,1-4H3,(H,15,16). The average molecular weight is 245 g/mol. The predicted molar refractivity (Wildman–Crippen MR) is 73.5 cm³/mol. The van der Waals surface area contributed by atoms with Crippen LogP contribution in [0.5, 0.6) is 5.75 Å². The van der Waals surface area contributed by atoms with E-state index < -0.39 is 0 Å². The number of anilines is 1. The Balaban J connectivity index is 2.40. The number of phenols is 1. The molecule has 4 heteroatoms. The lowest BCUT2D eigenvalue weighted by Gasteiger charge is -2.20. The largest absolute Gasteiger partial charge is 0.508 e. The van der Waals surface area contributed by atoms with E-state index in [9.17, 15) is 5.11 Å². The second kappa shape index (κ2) is 4.37. The molecule has 0 aliphatic heterocycles. The molecule has 2 aromatic rings. The van der Waals surface area contributed by atoms with Crippen molar-refractivity contribution in [1.82, 2.24) is 9.78 Å². The van der Waals surface area contributed by atoms with Gasteiger partial charge in [-0.05, 0) is 17.0 Å². The van der Waals surface area contributed by atoms with Gasteiger partial charge in [0.25, 0.3) is 0 Å². The third-order valence-corrected chi connectivity index (χ3v) is 2.90. The van der Waals surface area contributed by atoms with Crippen LogP contribution in [0.4, 0.5) is 5.82 Å². The Kier molecular flexibility index (Phi) is 3.03. The number of nitrogens with zero attached hydrogens (tertiary/aromatic N) is 2. The zero-order chi connectivity index (χ0) is 13.3. The van der Waals surface area contributed by atoms with Crippen LogP contribution in [0.2, 0.25) is 0 Å². The molecule has 18 heavy (non-hydrogen) atoms. The Morgan fingerprint density at radius 2 is 1.94 bits per heavy atom. The van der Waals surface area contributed by atoms with Gasteiger partial charge in [0.2, 0.25) is 0 Å². The van der Waals surface area contributed by atoms with Crippen molar-refractivity contribution >= 4 is 5.82 Å². The summed E-state index contributed by atoms with van der Waals surface area (Å²) in [5.74, 6) is 1.11. The summed E-state index contributed by atoms with van der Waals surface area (Å²) in [4.78, 5) is 0. The Hall–Kier alpha value is -1.97. The van der Waals surface area contributed by atoms with Gasteiger partial charge in [0.05, 0.1) is 5.69 Å². The van der Waals surface area contributed by atoms with Gasteiger partial charge in [-0.3, -0.25) is 0 Å². The molecule has 0 amide bonds. The van der Waals surface area contributed by atoms with Gasteiger partial charge in [-0.15, -0.1) is 0 Å². The van der Waals surface area contributed by atoms with Crippen molar-refractivity contribution in [2.45, 2.75) is 26.2 Å². The minimum Gasteiger partial charge on any atom is -0.508 e. The molecular weight excluding hydrogens is 226 g/mol. The van der Waals surface area contributed by atoms with E-state index in [-0.39, 0.29) is 5.41 Å². The van der Waals surface area contributed by atoms with Gasteiger partial charge < -0.3 is 10.4 Å². The number of hydrogen-bond donors (Lipinski definition) is 2. The first kappa shape index (κ1) is 12.5. The molecule has 0 spiro atoms. The minimum absolute atomic E-state index is 0.0666. The first-order valence-corrected chi connectivity index (χ1v) is 5.99. The van der Waals surface area contributed by atoms with E-state index in [0.29, 0.717) is 5.75 Å². The van der Waals surface area contributed by atoms with Gasteiger partial charge in [0.1, 0.15) is 11.6 Å². The van der Waals surface area contributed by atoms with E-state index in [1.165, 1.54) is 0 Å². The lowest BCUT2D eigenvalue weighted by atomic mass is 9.86. The molecule has 0 aliphatic rings. The molecule has 96 valence electrons. The quantitative estimate of drug-likeness (QED) is 0.855. The van der Waals surface area contributed by atoms with Crippen LogP contribution in [0, 0.1) is 0 Å². The van der Waals surface area contributed by atoms with E-state index in [4.69, 9.17) is 0 Å². The molecule has 0 unspecified atom stereocenters. The van der Waals surface area contributed by atoms with Gasteiger partial charge in [-0.25, -0.2) is 4.68 Å². The van der Waals surface area contributed by atoms with Crippen LogP contribution >= 0.6 is 0 Å². The van der Waals surface area contributed by atoms with Crippen molar-refractivity contribution in [3.05, 3.63) is 36.0 Å². The lowest BCUT2D eigenvalue weighted by molar-refractivity contribution is 0.446. The number of aromatic hydroxyl groups is 1. The van der Waals surface area contributed by atoms with Gasteiger partial charge in [0, 0.05) is 25.4 Å². The SMILES string of the molecule is CNc1ccn(-c2ccc(C(C)(C)C)c(O)c2)n1. The molecule has 0 fully saturated rings. The molecule has 0 saturated heterocycles. The summed E-state index contributed by atoms with van der Waals surface area (Å²) in [5, 5.41) is 17.4. The highest BCUT2D eigenvalue weighted by molar-refractivity contribution is 5.47. The van der Waals surface area contributed by atoms with Crippen molar-refractivity contribution in [3.63, 3.8) is 0 Å². The molecule has 2 N–H and O–H groups in total. The highest BCUT2D eigenvalue weighted by atomic mass is 16.3. The van der Waals surface area contributed by atoms with Gasteiger partial charge in [-0.2, -0.15) is 5.10 Å². The highest BCUT2D eigenvalue weighted by Gasteiger charge is 2.18. The fraction of sp³-hybridized carbons (Fsp3) is 0.357. The third kappa shape index (κ3) is 2.32. The fourth-order valence-corrected chi connectivity index (χ4v) is 1.90. The predicted octanol–water partition coefficient (Wildman–Crippen LogP) is 2.92. The van der Waals surface area contributed by atoms with Gasteiger partial charge >= 0.3 is 0 Å². The number of aromatic nitrogens is 2. The molecule has 1 aromatic carbocycles. The summed E-state index contributed by atoms with van der Waals surface area (Å²) < 4.78 is 1.73. The Morgan fingerprint density at radius 1 is 1.22 bits per heavy atom. The Morgan fingerprint density at radius 3 is 2.44 bits per heavy atom. The number of phenolic OH excluding ortho intramolecular Hbond substituents is 1. The average Bonchev–Trinajstić information content (AvgIpc) is 2.75. The maximum absolute atomic E-state index is 10.1. The number of rotatable bonds is 2. The van der Waals surface area contributed by atoms with Gasteiger partial charge in [0.15, 0.2) is 0 Å². The van der Waals surface area contributed by atoms with Crippen LogP contribution in [-0.4, -0.2) is 21.9 Å². The smallest absolute Gasteiger partial charge is 0.148 e. The van der Waals surface area contributed by atoms with Crippen LogP contribution in [0.25, 0.3) is 5.69 Å². The Bertz CT molecular complexity index is 552. The van der Waals surface area contributed by atoms with Crippen molar-refractivity contribution < 1.29 is 5.11 Å². The summed E-state index contributed by atoms with van der Waals surface area (Å²) in [7, 11) is 1.83. The molecule has 0 radical (unpaired) electrons. The molecule has 1 aromatic heterocycles. The lowest BCUT2D eigenvalue weighted by Crippen LogP contribution is -2.11. The van der Waals surface area contributed by atoms with Crippen molar-refractivity contribution in [2.24, 2.45) is 0 Å². The maximum Gasteiger partial charge on any atom is 0.148 e. The molecule has 0 bridgehead atoms. The molecular formula is C14H19N3O. The molecule has 0 atom stereocenters. The summed E-state index contributed by atoms with van der Waals surface area (Å²) in [6.45, 7) is 6.23. The number of benzene rings is 1. The first-order chi connectivity index (χ1) is 8.41. The molecule has 4 nitrogen and oxygen atoms in total. The number of nitrogens with one attached hydrogen (secondary N) is 1. The zero-order valence-corrected chi connectivity index (χ0v) is 11.2. The normalized spacial score (nSPS) is 11.6. The second-order valence-corrected chi connectivity index (χ2v) is 5.35. The van der Waals surface area contributed by atoms with Crippen molar-refractivity contribution in [2.75, 3.05) is 12.4 Å². The first-order valence-electron chi connectivity index (χ1n) is 5.99. The molecule has 0 saturated carbocycles. The topological polar surface area (TPSA) is 50.1 Å². The van der Waals surface area contributed by atoms with E-state index in [1.807, 2.05) is 31.4 Å². The van der Waals surface area contributed by atoms with E-state index in [0.717, 1.165) is 17.1 Å². The van der Waals surface area contributed by atoms with Crippen molar-refractivity contribution in [3.8, 4) is 11.4 Å². The van der Waals surface area contributed by atoms with E-state index in [2.05, 4.69) is 31.2 Å². The summed E-state index contributed by atoms with van der Waals surface area (Å²) >= 11 is 0. The molecule has 0 aliphatic carbocycles. The van der Waals surface area contributed by atoms with Crippen LogP contribution in [0.1, 0.15) is 26.3 Å². The van der Waals surface area contributed by atoms with Crippen LogP contribution in [-0.2, 0) is 5.41 Å². The summed E-state index contributed by atoms with van der Waals surface area (Å²) in [6, 6.07) is 7.54. The monoisotopic (exact) mass is 245 g/mol. The highest BCUT2D eigenvalue weighted by Crippen LogP contribution is 2.31. The minimum atomic E-state index is -0.0666.